The van der Waals surface area contributed by atoms with Gasteiger partial charge in [-0.2, -0.15) is 0 Å². The summed E-state index contributed by atoms with van der Waals surface area (Å²) in [6.45, 7) is 33.5. The fraction of sp³-hybridized carbons (Fsp3) is 0.324. The molecule has 9 aromatic rings. The van der Waals surface area contributed by atoms with Gasteiger partial charge in [0.1, 0.15) is 5.58 Å². The zero-order valence-corrected chi connectivity index (χ0v) is 49.3. The fourth-order valence-electron chi connectivity index (χ4n) is 14.2. The van der Waals surface area contributed by atoms with Crippen LogP contribution in [0.3, 0.4) is 0 Å². The van der Waals surface area contributed by atoms with Gasteiger partial charge in [-0.3, -0.25) is 0 Å². The first-order valence-electron chi connectivity index (χ1n) is 29.2. The Kier molecular flexibility index (Phi) is 11.4. The van der Waals surface area contributed by atoms with Crippen molar-refractivity contribution in [1.82, 2.24) is 0 Å². The summed E-state index contributed by atoms with van der Waals surface area (Å²) < 4.78 is 7.88. The van der Waals surface area contributed by atoms with Gasteiger partial charge >= 0.3 is 0 Å². The lowest BCUT2D eigenvalue weighted by Crippen LogP contribution is -2.61. The lowest BCUT2D eigenvalue weighted by atomic mass is 9.35. The minimum atomic E-state index is -0.224. The van der Waals surface area contributed by atoms with Crippen LogP contribution in [-0.2, 0) is 32.5 Å². The number of hydrogen-bond donors (Lipinski definition) is 0. The molecule has 0 saturated heterocycles. The largest absolute Gasteiger partial charge is 0.468 e. The number of nitrogens with zero attached hydrogens (tertiary/aromatic N) is 3. The second-order valence-corrected chi connectivity index (χ2v) is 28.3. The van der Waals surface area contributed by atoms with Crippen molar-refractivity contribution in [2.24, 2.45) is 0 Å². The molecule has 0 saturated carbocycles. The highest BCUT2D eigenvalue weighted by molar-refractivity contribution is 7.00. The topological polar surface area (TPSA) is 22.9 Å². The van der Waals surface area contributed by atoms with Crippen molar-refractivity contribution in [1.29, 1.82) is 0 Å². The van der Waals surface area contributed by atoms with Gasteiger partial charge in [0.2, 0.25) is 0 Å². The summed E-state index contributed by atoms with van der Waals surface area (Å²) in [6.07, 6.45) is 4.47. The molecular formula is C74H78BN3O. The number of para-hydroxylation sites is 2. The standard InChI is InChI=1S/C74H78BN3O/c1-69(2,3)48-30-33-52(34-31-48)77-61-43-53(76(50-26-20-16-21-27-50)51-28-22-17-23-29-51)44-62-65(61)75(59-36-35-56-64(67(59)77)74(13,14)41-40-71(56,7)8)68-66(55-45-57-58(46-63(55)79-68)73(11,12)39-38-72(57,9)10)78(62)60-37-32-49(70(4,5)6)42-54(60)47-24-18-15-19-25-47/h15-37,42-46H,38-41H2,1-14H3. The van der Waals surface area contributed by atoms with Gasteiger partial charge in [0.15, 0.2) is 0 Å². The number of furan rings is 1. The van der Waals surface area contributed by atoms with E-state index in [2.05, 4.69) is 281 Å². The number of hydrogen-bond acceptors (Lipinski definition) is 4. The van der Waals surface area contributed by atoms with Gasteiger partial charge in [-0.1, -0.05) is 194 Å². The predicted molar refractivity (Wildman–Crippen MR) is 338 cm³/mol. The van der Waals surface area contributed by atoms with Gasteiger partial charge in [-0.05, 0) is 181 Å². The molecule has 2 aliphatic carbocycles. The molecule has 1 aromatic heterocycles. The molecule has 79 heavy (non-hydrogen) atoms. The molecule has 2 aliphatic heterocycles. The molecule has 0 amide bonds. The molecular weight excluding hydrogens is 958 g/mol. The summed E-state index contributed by atoms with van der Waals surface area (Å²) in [5.41, 5.74) is 25.3. The number of fused-ring (bicyclic) bond motifs is 9. The molecule has 0 bridgehead atoms. The van der Waals surface area contributed by atoms with Crippen LogP contribution < -0.4 is 31.3 Å². The summed E-state index contributed by atoms with van der Waals surface area (Å²) >= 11 is 0. The van der Waals surface area contributed by atoms with Gasteiger partial charge in [0.05, 0.1) is 22.7 Å². The van der Waals surface area contributed by atoms with Gasteiger partial charge in [0.25, 0.3) is 6.71 Å². The first-order chi connectivity index (χ1) is 37.4. The third-order valence-corrected chi connectivity index (χ3v) is 19.0. The maximum Gasteiger partial charge on any atom is 0.297 e. The Balaban J connectivity index is 1.24. The molecule has 13 rings (SSSR count). The molecule has 3 heterocycles. The first-order valence-corrected chi connectivity index (χ1v) is 29.2. The van der Waals surface area contributed by atoms with Gasteiger partial charge in [-0.25, -0.2) is 0 Å². The lowest BCUT2D eigenvalue weighted by Gasteiger charge is -2.49. The van der Waals surface area contributed by atoms with E-state index in [0.717, 1.165) is 76.7 Å². The minimum Gasteiger partial charge on any atom is -0.468 e. The molecule has 0 spiro atoms. The Morgan fingerprint density at radius 1 is 0.456 bits per heavy atom. The summed E-state index contributed by atoms with van der Waals surface area (Å²) in [5, 5.41) is 1.17. The zero-order valence-electron chi connectivity index (χ0n) is 49.3. The maximum atomic E-state index is 7.88. The van der Waals surface area contributed by atoms with Gasteiger partial charge in [0, 0.05) is 45.1 Å². The summed E-state index contributed by atoms with van der Waals surface area (Å²) in [6, 6.07) is 64.9. The molecule has 0 fully saturated rings. The van der Waals surface area contributed by atoms with Crippen LogP contribution >= 0.6 is 0 Å². The number of benzene rings is 8. The highest BCUT2D eigenvalue weighted by atomic mass is 16.3. The van der Waals surface area contributed by atoms with Crippen LogP contribution in [-0.4, -0.2) is 6.71 Å². The maximum absolute atomic E-state index is 7.88. The monoisotopic (exact) mass is 1040 g/mol. The van der Waals surface area contributed by atoms with Crippen LogP contribution in [0, 0.1) is 0 Å². The predicted octanol–water partition coefficient (Wildman–Crippen LogP) is 18.9. The molecule has 398 valence electrons. The van der Waals surface area contributed by atoms with Crippen LogP contribution in [0.5, 0.6) is 0 Å². The highest BCUT2D eigenvalue weighted by Gasteiger charge is 2.51. The van der Waals surface area contributed by atoms with E-state index in [0.29, 0.717) is 0 Å². The second-order valence-electron chi connectivity index (χ2n) is 28.3. The Morgan fingerprint density at radius 3 is 1.56 bits per heavy atom. The Morgan fingerprint density at radius 2 is 0.975 bits per heavy atom. The third kappa shape index (κ3) is 8.14. The minimum absolute atomic E-state index is 0.00338. The van der Waals surface area contributed by atoms with Gasteiger partial charge < -0.3 is 19.1 Å². The van der Waals surface area contributed by atoms with Crippen molar-refractivity contribution in [3.63, 3.8) is 0 Å². The molecule has 8 aromatic carbocycles. The highest BCUT2D eigenvalue weighted by Crippen LogP contribution is 2.57. The molecule has 4 aliphatic rings. The quantitative estimate of drug-likeness (QED) is 0.155. The van der Waals surface area contributed by atoms with Crippen molar-refractivity contribution < 1.29 is 4.42 Å². The van der Waals surface area contributed by atoms with E-state index in [9.17, 15) is 0 Å². The molecule has 4 nitrogen and oxygen atoms in total. The van der Waals surface area contributed by atoms with E-state index in [-0.39, 0.29) is 39.2 Å². The van der Waals surface area contributed by atoms with Crippen LogP contribution in [0.1, 0.15) is 156 Å². The van der Waals surface area contributed by atoms with Crippen molar-refractivity contribution in [3.8, 4) is 11.1 Å². The van der Waals surface area contributed by atoms with Crippen LogP contribution in [0.2, 0.25) is 0 Å². The summed E-state index contributed by atoms with van der Waals surface area (Å²) in [5.74, 6) is 0. The number of anilines is 9. The smallest absolute Gasteiger partial charge is 0.297 e. The van der Waals surface area contributed by atoms with E-state index < -0.39 is 0 Å². The molecule has 0 unspecified atom stereocenters. The van der Waals surface area contributed by atoms with Crippen molar-refractivity contribution in [2.45, 2.75) is 155 Å². The zero-order chi connectivity index (χ0) is 55.3. The molecule has 0 radical (unpaired) electrons. The summed E-state index contributed by atoms with van der Waals surface area (Å²) in [7, 11) is 0. The van der Waals surface area contributed by atoms with Crippen LogP contribution in [0.25, 0.3) is 22.1 Å². The Hall–Kier alpha value is -7.24. The van der Waals surface area contributed by atoms with E-state index in [1.165, 1.54) is 72.2 Å². The average molecular weight is 1040 g/mol. The number of rotatable bonds is 6. The van der Waals surface area contributed by atoms with E-state index in [1.807, 2.05) is 0 Å². The first kappa shape index (κ1) is 51.2. The van der Waals surface area contributed by atoms with Crippen molar-refractivity contribution in [2.75, 3.05) is 14.7 Å². The average Bonchev–Trinajstić information content (AvgIpc) is 4.08. The van der Waals surface area contributed by atoms with Crippen molar-refractivity contribution >= 4 is 85.5 Å². The SMILES string of the molecule is CC(C)(C)c1ccc(N2c3cc(N(c4ccccc4)c4ccccc4)cc4c3B(c3ccc5c(c32)C(C)(C)CCC5(C)C)c2oc3cc5c(cc3c2N4c2ccc(C(C)(C)C)cc2-c2ccccc2)C(C)(C)CCC5(C)C)cc1. The molecule has 0 N–H and O–H groups in total. The summed E-state index contributed by atoms with van der Waals surface area (Å²) in [4.78, 5) is 7.80. The Labute approximate surface area is 471 Å². The van der Waals surface area contributed by atoms with E-state index in [4.69, 9.17) is 4.42 Å². The second kappa shape index (κ2) is 17.6. The normalized spacial score (nSPS) is 17.4. The van der Waals surface area contributed by atoms with E-state index >= 15 is 0 Å². The van der Waals surface area contributed by atoms with Crippen LogP contribution in [0.4, 0.5) is 51.2 Å². The molecule has 5 heteroatoms. The lowest BCUT2D eigenvalue weighted by molar-refractivity contribution is 0.332. The Bertz CT molecular complexity index is 3830. The van der Waals surface area contributed by atoms with Crippen molar-refractivity contribution in [3.05, 3.63) is 203 Å². The molecule has 0 atom stereocenters. The van der Waals surface area contributed by atoms with Crippen LogP contribution in [0.15, 0.2) is 174 Å². The third-order valence-electron chi connectivity index (χ3n) is 19.0. The van der Waals surface area contributed by atoms with E-state index in [1.54, 1.807) is 0 Å². The van der Waals surface area contributed by atoms with Gasteiger partial charge in [-0.15, -0.1) is 0 Å². The fourth-order valence-corrected chi connectivity index (χ4v) is 14.2.